The van der Waals surface area contributed by atoms with Crippen molar-refractivity contribution in [1.29, 1.82) is 0 Å². The normalized spacial score (nSPS) is 24.8. The lowest BCUT2D eigenvalue weighted by Crippen LogP contribution is -2.60. The number of hydrogen-bond acceptors (Lipinski definition) is 8. The van der Waals surface area contributed by atoms with Gasteiger partial charge in [-0.3, -0.25) is 4.79 Å². The van der Waals surface area contributed by atoms with Crippen molar-refractivity contribution < 1.29 is 39.8 Å². The highest BCUT2D eigenvalue weighted by Gasteiger charge is 2.44. The van der Waals surface area contributed by atoms with E-state index >= 15 is 0 Å². The van der Waals surface area contributed by atoms with E-state index in [0.29, 0.717) is 0 Å². The second-order valence-corrected chi connectivity index (χ2v) is 11.3. The molecule has 0 bridgehead atoms. The monoisotopic (exact) mass is 573 g/mol. The standard InChI is InChI=1S/C31H59NO8/c1-3-4-5-6-7-8-9-10-11-12-13-14-15-16-17-18-19-20-21-26(35)25(32-24(2)34)23-39-31-30(38)29(37)28(36)27(22-33)40-31/h20-21,25-31,33,35-38H,3-19,22-23H2,1-2H3,(H,32,34)/b21-20+. The molecule has 1 amide bonds. The summed E-state index contributed by atoms with van der Waals surface area (Å²) in [6.45, 7) is 2.82. The number of amides is 1. The highest BCUT2D eigenvalue weighted by molar-refractivity contribution is 5.73. The van der Waals surface area contributed by atoms with Crippen LogP contribution >= 0.6 is 0 Å². The molecule has 0 aromatic heterocycles. The van der Waals surface area contributed by atoms with Crippen LogP contribution in [0.3, 0.4) is 0 Å². The molecule has 6 N–H and O–H groups in total. The van der Waals surface area contributed by atoms with Gasteiger partial charge in [-0.15, -0.1) is 0 Å². The van der Waals surface area contributed by atoms with Gasteiger partial charge < -0.3 is 40.3 Å². The predicted octanol–water partition coefficient (Wildman–Crippen LogP) is 3.88. The highest BCUT2D eigenvalue weighted by Crippen LogP contribution is 2.22. The number of allylic oxidation sites excluding steroid dienone is 1. The summed E-state index contributed by atoms with van der Waals surface area (Å²) >= 11 is 0. The van der Waals surface area contributed by atoms with Crippen molar-refractivity contribution >= 4 is 5.91 Å². The Morgan fingerprint density at radius 1 is 0.825 bits per heavy atom. The first-order valence-corrected chi connectivity index (χ1v) is 15.9. The van der Waals surface area contributed by atoms with Crippen LogP contribution in [0.25, 0.3) is 0 Å². The lowest BCUT2D eigenvalue weighted by molar-refractivity contribution is -0.302. The Balaban J connectivity index is 2.15. The maximum Gasteiger partial charge on any atom is 0.217 e. The van der Waals surface area contributed by atoms with Gasteiger partial charge in [0.2, 0.25) is 5.91 Å². The summed E-state index contributed by atoms with van der Waals surface area (Å²) in [4.78, 5) is 11.6. The first-order valence-electron chi connectivity index (χ1n) is 15.9. The molecule has 7 unspecified atom stereocenters. The molecule has 0 aliphatic carbocycles. The topological polar surface area (TPSA) is 149 Å². The molecule has 7 atom stereocenters. The highest BCUT2D eigenvalue weighted by atomic mass is 16.7. The molecule has 1 heterocycles. The molecule has 40 heavy (non-hydrogen) atoms. The molecule has 0 radical (unpaired) electrons. The van der Waals surface area contributed by atoms with Gasteiger partial charge in [-0.05, 0) is 12.8 Å². The number of hydrogen-bond donors (Lipinski definition) is 6. The van der Waals surface area contributed by atoms with E-state index in [4.69, 9.17) is 9.47 Å². The van der Waals surface area contributed by atoms with Gasteiger partial charge in [0.15, 0.2) is 6.29 Å². The third kappa shape index (κ3) is 16.4. The number of rotatable bonds is 24. The Labute approximate surface area is 242 Å². The molecule has 0 spiro atoms. The molecule has 0 aromatic rings. The minimum absolute atomic E-state index is 0.202. The third-order valence-electron chi connectivity index (χ3n) is 7.65. The Bertz CT molecular complexity index is 647. The lowest BCUT2D eigenvalue weighted by Gasteiger charge is -2.40. The molecular weight excluding hydrogens is 514 g/mol. The molecule has 236 valence electrons. The van der Waals surface area contributed by atoms with E-state index in [0.717, 1.165) is 19.3 Å². The SMILES string of the molecule is CCCCCCCCCCCCCCCCCC/C=C/C(O)C(COC1OC(CO)C(O)C(O)C1O)NC(C)=O. The van der Waals surface area contributed by atoms with Crippen LogP contribution in [0.4, 0.5) is 0 Å². The summed E-state index contributed by atoms with van der Waals surface area (Å²) in [5, 5.41) is 52.4. The van der Waals surface area contributed by atoms with E-state index in [2.05, 4.69) is 12.2 Å². The van der Waals surface area contributed by atoms with Crippen LogP contribution in [0.5, 0.6) is 0 Å². The molecule has 0 saturated carbocycles. The largest absolute Gasteiger partial charge is 0.394 e. The lowest BCUT2D eigenvalue weighted by atomic mass is 9.99. The van der Waals surface area contributed by atoms with Gasteiger partial charge in [-0.25, -0.2) is 0 Å². The quantitative estimate of drug-likeness (QED) is 0.0753. The molecule has 1 saturated heterocycles. The Kier molecular flexibility index (Phi) is 21.7. The predicted molar refractivity (Wildman–Crippen MR) is 157 cm³/mol. The van der Waals surface area contributed by atoms with E-state index in [1.165, 1.54) is 96.8 Å². The Morgan fingerprint density at radius 3 is 1.80 bits per heavy atom. The van der Waals surface area contributed by atoms with Crippen LogP contribution in [0.15, 0.2) is 12.2 Å². The first-order chi connectivity index (χ1) is 19.3. The van der Waals surface area contributed by atoms with Crippen LogP contribution in [0.2, 0.25) is 0 Å². The average molecular weight is 574 g/mol. The maximum absolute atomic E-state index is 11.6. The third-order valence-corrected chi connectivity index (χ3v) is 7.65. The number of aliphatic hydroxyl groups is 5. The fraction of sp³-hybridized carbons (Fsp3) is 0.903. The number of nitrogens with one attached hydrogen (secondary N) is 1. The summed E-state index contributed by atoms with van der Waals surface area (Å²) in [6.07, 6.45) is 17.5. The van der Waals surface area contributed by atoms with Crippen LogP contribution in [0, 0.1) is 0 Å². The van der Waals surface area contributed by atoms with E-state index in [9.17, 15) is 30.3 Å². The van der Waals surface area contributed by atoms with Crippen molar-refractivity contribution in [3.8, 4) is 0 Å². The number of carbonyl (C=O) groups is 1. The van der Waals surface area contributed by atoms with Gasteiger partial charge in [0, 0.05) is 6.92 Å². The van der Waals surface area contributed by atoms with Gasteiger partial charge >= 0.3 is 0 Å². The van der Waals surface area contributed by atoms with Gasteiger partial charge in [-0.1, -0.05) is 115 Å². The van der Waals surface area contributed by atoms with Gasteiger partial charge in [0.25, 0.3) is 0 Å². The van der Waals surface area contributed by atoms with Gasteiger partial charge in [0.1, 0.15) is 24.4 Å². The molecule has 1 fully saturated rings. The average Bonchev–Trinajstić information content (AvgIpc) is 2.93. The summed E-state index contributed by atoms with van der Waals surface area (Å²) in [5.74, 6) is -0.354. The molecule has 0 aromatic carbocycles. The van der Waals surface area contributed by atoms with Gasteiger partial charge in [-0.2, -0.15) is 0 Å². The minimum atomic E-state index is -1.56. The Hall–Kier alpha value is -1.07. The Morgan fingerprint density at radius 2 is 1.32 bits per heavy atom. The van der Waals surface area contributed by atoms with E-state index in [1.807, 2.05) is 6.08 Å². The zero-order valence-electron chi connectivity index (χ0n) is 25.1. The van der Waals surface area contributed by atoms with Crippen molar-refractivity contribution in [3.05, 3.63) is 12.2 Å². The fourth-order valence-corrected chi connectivity index (χ4v) is 5.07. The molecule has 9 heteroatoms. The van der Waals surface area contributed by atoms with Gasteiger partial charge in [0.05, 0.1) is 25.4 Å². The fourth-order valence-electron chi connectivity index (χ4n) is 5.07. The summed E-state index contributed by atoms with van der Waals surface area (Å²) in [6, 6.07) is -0.799. The van der Waals surface area contributed by atoms with Crippen LogP contribution in [-0.2, 0) is 14.3 Å². The molecule has 1 aliphatic heterocycles. The number of ether oxygens (including phenoxy) is 2. The molecular formula is C31H59NO8. The summed E-state index contributed by atoms with van der Waals surface area (Å²) in [5.41, 5.74) is 0. The van der Waals surface area contributed by atoms with E-state index < -0.39 is 49.5 Å². The zero-order chi connectivity index (χ0) is 29.6. The maximum atomic E-state index is 11.6. The number of carbonyl (C=O) groups excluding carboxylic acids is 1. The molecule has 1 aliphatic rings. The van der Waals surface area contributed by atoms with Crippen molar-refractivity contribution in [2.45, 2.75) is 166 Å². The van der Waals surface area contributed by atoms with Crippen LogP contribution < -0.4 is 5.32 Å². The van der Waals surface area contributed by atoms with E-state index in [1.54, 1.807) is 6.08 Å². The zero-order valence-corrected chi connectivity index (χ0v) is 25.1. The second-order valence-electron chi connectivity index (χ2n) is 11.3. The molecule has 9 nitrogen and oxygen atoms in total. The molecule has 1 rings (SSSR count). The van der Waals surface area contributed by atoms with Crippen molar-refractivity contribution in [2.75, 3.05) is 13.2 Å². The van der Waals surface area contributed by atoms with Crippen molar-refractivity contribution in [1.82, 2.24) is 5.32 Å². The van der Waals surface area contributed by atoms with Crippen molar-refractivity contribution in [3.63, 3.8) is 0 Å². The second kappa shape index (κ2) is 23.5. The number of aliphatic hydroxyl groups excluding tert-OH is 5. The minimum Gasteiger partial charge on any atom is -0.394 e. The summed E-state index contributed by atoms with van der Waals surface area (Å²) < 4.78 is 10.8. The first kappa shape index (κ1) is 37.0. The number of unbranched alkanes of at least 4 members (excludes halogenated alkanes) is 16. The van der Waals surface area contributed by atoms with Crippen molar-refractivity contribution in [2.24, 2.45) is 0 Å². The van der Waals surface area contributed by atoms with Crippen LogP contribution in [-0.4, -0.2) is 87.5 Å². The van der Waals surface area contributed by atoms with E-state index in [-0.39, 0.29) is 12.5 Å². The summed E-state index contributed by atoms with van der Waals surface area (Å²) in [7, 11) is 0. The smallest absolute Gasteiger partial charge is 0.217 e. The van der Waals surface area contributed by atoms with Crippen LogP contribution in [0.1, 0.15) is 123 Å².